The van der Waals surface area contributed by atoms with Gasteiger partial charge in [0.1, 0.15) is 11.6 Å². The number of hydrogen-bond donors (Lipinski definition) is 1. The Labute approximate surface area is 122 Å². The van der Waals surface area contributed by atoms with Gasteiger partial charge < -0.3 is 9.67 Å². The third-order valence-corrected chi connectivity index (χ3v) is 4.56. The molecule has 1 saturated carbocycles. The van der Waals surface area contributed by atoms with Gasteiger partial charge in [0, 0.05) is 12.5 Å². The summed E-state index contributed by atoms with van der Waals surface area (Å²) in [6.07, 6.45) is 0.889. The van der Waals surface area contributed by atoms with E-state index in [4.69, 9.17) is 0 Å². The first-order valence-corrected chi connectivity index (χ1v) is 7.26. The van der Waals surface area contributed by atoms with Gasteiger partial charge in [-0.1, -0.05) is 20.8 Å². The SMILES string of the molecule is CCCn1c(C2C(C(=O)O)C2(C)C)nc2ccc(F)cc21. The molecule has 5 heteroatoms. The van der Waals surface area contributed by atoms with Gasteiger partial charge >= 0.3 is 5.97 Å². The minimum Gasteiger partial charge on any atom is -0.481 e. The Kier molecular flexibility index (Phi) is 3.04. The number of imidazole rings is 1. The number of carbonyl (C=O) groups is 1. The minimum atomic E-state index is -0.786. The maximum Gasteiger partial charge on any atom is 0.307 e. The summed E-state index contributed by atoms with van der Waals surface area (Å²) >= 11 is 0. The zero-order valence-electron chi connectivity index (χ0n) is 12.4. The summed E-state index contributed by atoms with van der Waals surface area (Å²) < 4.78 is 15.5. The molecule has 2 atom stereocenters. The van der Waals surface area contributed by atoms with Gasteiger partial charge in [0.05, 0.1) is 17.0 Å². The van der Waals surface area contributed by atoms with Crippen molar-refractivity contribution >= 4 is 17.0 Å². The summed E-state index contributed by atoms with van der Waals surface area (Å²) in [5.41, 5.74) is 1.17. The number of aryl methyl sites for hydroxylation is 1. The zero-order chi connectivity index (χ0) is 15.4. The fraction of sp³-hybridized carbons (Fsp3) is 0.500. The van der Waals surface area contributed by atoms with Crippen LogP contribution in [0.5, 0.6) is 0 Å². The summed E-state index contributed by atoms with van der Waals surface area (Å²) in [6, 6.07) is 4.53. The van der Waals surface area contributed by atoms with Crippen LogP contribution in [0.1, 0.15) is 38.9 Å². The Hall–Kier alpha value is -1.91. The fourth-order valence-corrected chi connectivity index (χ4v) is 3.39. The summed E-state index contributed by atoms with van der Waals surface area (Å²) in [5.74, 6) is -0.843. The lowest BCUT2D eigenvalue weighted by Crippen LogP contribution is -2.06. The van der Waals surface area contributed by atoms with Crippen molar-refractivity contribution in [3.8, 4) is 0 Å². The van der Waals surface area contributed by atoms with Crippen molar-refractivity contribution in [3.05, 3.63) is 29.8 Å². The summed E-state index contributed by atoms with van der Waals surface area (Å²) in [6.45, 7) is 6.66. The molecular formula is C16H19FN2O2. The van der Waals surface area contributed by atoms with Crippen molar-refractivity contribution in [1.29, 1.82) is 0 Å². The average Bonchev–Trinajstić information content (AvgIpc) is 2.81. The van der Waals surface area contributed by atoms with Crippen LogP contribution in [0.4, 0.5) is 4.39 Å². The van der Waals surface area contributed by atoms with E-state index < -0.39 is 11.9 Å². The molecule has 0 radical (unpaired) electrons. The minimum absolute atomic E-state index is 0.114. The standard InChI is InChI=1S/C16H19FN2O2/c1-4-7-19-11-8-9(17)5-6-10(11)18-14(19)12-13(15(20)21)16(12,2)3/h5-6,8,12-13H,4,7H2,1-3H3,(H,20,21). The predicted octanol–water partition coefficient (Wildman–Crippen LogP) is 3.41. The highest BCUT2D eigenvalue weighted by molar-refractivity contribution is 5.80. The van der Waals surface area contributed by atoms with E-state index in [9.17, 15) is 14.3 Å². The molecular weight excluding hydrogens is 271 g/mol. The van der Waals surface area contributed by atoms with Gasteiger partial charge in [-0.25, -0.2) is 9.37 Å². The van der Waals surface area contributed by atoms with Gasteiger partial charge in [-0.2, -0.15) is 0 Å². The van der Waals surface area contributed by atoms with E-state index in [1.807, 2.05) is 25.3 Å². The second-order valence-electron chi connectivity index (χ2n) is 6.37. The first-order valence-electron chi connectivity index (χ1n) is 7.26. The van der Waals surface area contributed by atoms with Gasteiger partial charge in [0.25, 0.3) is 0 Å². The van der Waals surface area contributed by atoms with Crippen molar-refractivity contribution in [2.75, 3.05) is 0 Å². The van der Waals surface area contributed by atoms with Crippen LogP contribution < -0.4 is 0 Å². The molecule has 1 aromatic heterocycles. The van der Waals surface area contributed by atoms with Gasteiger partial charge in [0.2, 0.25) is 0 Å². The Bertz CT molecular complexity index is 720. The number of nitrogens with zero attached hydrogens (tertiary/aromatic N) is 2. The Morgan fingerprint density at radius 3 is 2.76 bits per heavy atom. The van der Waals surface area contributed by atoms with E-state index in [0.29, 0.717) is 6.54 Å². The van der Waals surface area contributed by atoms with Gasteiger partial charge in [-0.05, 0) is 30.0 Å². The van der Waals surface area contributed by atoms with Crippen LogP contribution in [-0.2, 0) is 11.3 Å². The van der Waals surface area contributed by atoms with Gasteiger partial charge in [0.15, 0.2) is 0 Å². The van der Waals surface area contributed by atoms with Crippen LogP contribution in [0.2, 0.25) is 0 Å². The highest BCUT2D eigenvalue weighted by atomic mass is 19.1. The van der Waals surface area contributed by atoms with Crippen LogP contribution in [0.15, 0.2) is 18.2 Å². The topological polar surface area (TPSA) is 55.1 Å². The van der Waals surface area contributed by atoms with Crippen LogP contribution in [-0.4, -0.2) is 20.6 Å². The molecule has 3 rings (SSSR count). The summed E-state index contributed by atoms with van der Waals surface area (Å²) in [4.78, 5) is 16.0. The number of rotatable bonds is 4. The van der Waals surface area contributed by atoms with Crippen molar-refractivity contribution in [3.63, 3.8) is 0 Å². The molecule has 0 amide bonds. The van der Waals surface area contributed by atoms with E-state index >= 15 is 0 Å². The molecule has 1 aliphatic carbocycles. The molecule has 1 aromatic carbocycles. The molecule has 1 N–H and O–H groups in total. The van der Waals surface area contributed by atoms with Gasteiger partial charge in [-0.3, -0.25) is 4.79 Å². The number of benzene rings is 1. The molecule has 1 fully saturated rings. The Balaban J connectivity index is 2.15. The van der Waals surface area contributed by atoms with Crippen molar-refractivity contribution in [1.82, 2.24) is 9.55 Å². The highest BCUT2D eigenvalue weighted by Gasteiger charge is 2.64. The van der Waals surface area contributed by atoms with Crippen LogP contribution in [0, 0.1) is 17.2 Å². The summed E-state index contributed by atoms with van der Waals surface area (Å²) in [7, 11) is 0. The fourth-order valence-electron chi connectivity index (χ4n) is 3.39. The molecule has 1 aliphatic rings. The molecule has 0 aliphatic heterocycles. The van der Waals surface area contributed by atoms with E-state index in [1.54, 1.807) is 6.07 Å². The first kappa shape index (κ1) is 14.0. The number of aromatic nitrogens is 2. The molecule has 1 heterocycles. The van der Waals surface area contributed by atoms with Crippen molar-refractivity contribution in [2.24, 2.45) is 11.3 Å². The molecule has 2 unspecified atom stereocenters. The molecule has 2 aromatic rings. The smallest absolute Gasteiger partial charge is 0.307 e. The third-order valence-electron chi connectivity index (χ3n) is 4.56. The van der Waals surface area contributed by atoms with Crippen molar-refractivity contribution in [2.45, 2.75) is 39.7 Å². The largest absolute Gasteiger partial charge is 0.481 e. The number of aliphatic carboxylic acids is 1. The predicted molar refractivity (Wildman–Crippen MR) is 77.6 cm³/mol. The van der Waals surface area contributed by atoms with Crippen LogP contribution in [0.3, 0.4) is 0 Å². The van der Waals surface area contributed by atoms with E-state index in [0.717, 1.165) is 23.3 Å². The Morgan fingerprint density at radius 2 is 2.19 bits per heavy atom. The second-order valence-corrected chi connectivity index (χ2v) is 6.37. The molecule has 0 saturated heterocycles. The second kappa shape index (κ2) is 4.55. The quantitative estimate of drug-likeness (QED) is 0.938. The zero-order valence-corrected chi connectivity index (χ0v) is 12.4. The van der Waals surface area contributed by atoms with E-state index in [-0.39, 0.29) is 17.2 Å². The lowest BCUT2D eigenvalue weighted by molar-refractivity contribution is -0.139. The lowest BCUT2D eigenvalue weighted by Gasteiger charge is -2.08. The van der Waals surface area contributed by atoms with Gasteiger partial charge in [-0.15, -0.1) is 0 Å². The van der Waals surface area contributed by atoms with E-state index in [2.05, 4.69) is 4.98 Å². The third kappa shape index (κ3) is 2.03. The number of halogens is 1. The molecule has 21 heavy (non-hydrogen) atoms. The molecule has 4 nitrogen and oxygen atoms in total. The number of fused-ring (bicyclic) bond motifs is 1. The first-order chi connectivity index (χ1) is 9.87. The molecule has 0 bridgehead atoms. The highest BCUT2D eigenvalue weighted by Crippen LogP contribution is 2.64. The summed E-state index contributed by atoms with van der Waals surface area (Å²) in [5, 5.41) is 9.36. The van der Waals surface area contributed by atoms with E-state index in [1.165, 1.54) is 12.1 Å². The Morgan fingerprint density at radius 1 is 1.48 bits per heavy atom. The average molecular weight is 290 g/mol. The number of carboxylic acid groups (broad SMARTS) is 1. The van der Waals surface area contributed by atoms with Crippen LogP contribution >= 0.6 is 0 Å². The van der Waals surface area contributed by atoms with Crippen molar-refractivity contribution < 1.29 is 14.3 Å². The van der Waals surface area contributed by atoms with Crippen LogP contribution in [0.25, 0.3) is 11.0 Å². The normalized spacial score (nSPS) is 23.4. The number of hydrogen-bond acceptors (Lipinski definition) is 2. The maximum absolute atomic E-state index is 13.5. The molecule has 112 valence electrons. The monoisotopic (exact) mass is 290 g/mol. The maximum atomic E-state index is 13.5. The lowest BCUT2D eigenvalue weighted by atomic mass is 10.1. The molecule has 0 spiro atoms. The number of carboxylic acids is 1.